The highest BCUT2D eigenvalue weighted by molar-refractivity contribution is 9.08. The first-order valence-electron chi connectivity index (χ1n) is 4.18. The molecule has 0 aliphatic heterocycles. The van der Waals surface area contributed by atoms with Crippen LogP contribution in [0.5, 0.6) is 0 Å². The van der Waals surface area contributed by atoms with E-state index in [4.69, 9.17) is 0 Å². The third-order valence-electron chi connectivity index (χ3n) is 1.76. The van der Waals surface area contributed by atoms with Gasteiger partial charge in [0.05, 0.1) is 6.20 Å². The summed E-state index contributed by atoms with van der Waals surface area (Å²) < 4.78 is 1.66. The fourth-order valence-electron chi connectivity index (χ4n) is 1.06. The molecule has 0 atom stereocenters. The minimum atomic E-state index is 0.600. The lowest BCUT2D eigenvalue weighted by Gasteiger charge is -1.98. The summed E-state index contributed by atoms with van der Waals surface area (Å²) in [6.45, 7) is 1.98. The summed E-state index contributed by atoms with van der Waals surface area (Å²) in [6, 6.07) is 0. The van der Waals surface area contributed by atoms with Gasteiger partial charge in [-0.3, -0.25) is 0 Å². The number of aryl methyl sites for hydroxylation is 1. The van der Waals surface area contributed by atoms with Crippen LogP contribution in [-0.4, -0.2) is 19.7 Å². The Morgan fingerprint density at radius 1 is 1.29 bits per heavy atom. The van der Waals surface area contributed by atoms with Crippen LogP contribution in [0.15, 0.2) is 24.8 Å². The van der Waals surface area contributed by atoms with E-state index in [1.807, 2.05) is 13.1 Å². The van der Waals surface area contributed by atoms with Crippen molar-refractivity contribution < 1.29 is 0 Å². The second-order valence-corrected chi connectivity index (χ2v) is 3.55. The summed E-state index contributed by atoms with van der Waals surface area (Å²) >= 11 is 3.34. The van der Waals surface area contributed by atoms with Crippen LogP contribution < -0.4 is 0 Å². The fraction of sp³-hybridized carbons (Fsp3) is 0.222. The monoisotopic (exact) mass is 252 g/mol. The molecule has 0 saturated carbocycles. The van der Waals surface area contributed by atoms with Gasteiger partial charge < -0.3 is 0 Å². The Balaban J connectivity index is 2.33. The van der Waals surface area contributed by atoms with Crippen LogP contribution in [0, 0.1) is 6.92 Å². The Bertz CT molecular complexity index is 421. The maximum atomic E-state index is 4.19. The molecular formula is C9H9BrN4. The lowest BCUT2D eigenvalue weighted by molar-refractivity contribution is 0.804. The van der Waals surface area contributed by atoms with E-state index in [-0.39, 0.29) is 0 Å². The molecule has 2 aromatic heterocycles. The van der Waals surface area contributed by atoms with Gasteiger partial charge in [-0.2, -0.15) is 5.10 Å². The lowest BCUT2D eigenvalue weighted by atomic mass is 10.4. The molecule has 72 valence electrons. The van der Waals surface area contributed by atoms with E-state index < -0.39 is 0 Å². The average Bonchev–Trinajstić information content (AvgIpc) is 2.65. The maximum absolute atomic E-state index is 4.19. The lowest BCUT2D eigenvalue weighted by Crippen LogP contribution is -2.01. The Labute approximate surface area is 90.1 Å². The van der Waals surface area contributed by atoms with Crippen molar-refractivity contribution in [1.29, 1.82) is 0 Å². The average molecular weight is 253 g/mol. The summed E-state index contributed by atoms with van der Waals surface area (Å²) in [5.74, 6) is 0.600. The normalized spacial score (nSPS) is 10.4. The van der Waals surface area contributed by atoms with Crippen LogP contribution in [0.1, 0.15) is 11.1 Å². The molecule has 0 N–H and O–H groups in total. The van der Waals surface area contributed by atoms with Crippen LogP contribution in [0.2, 0.25) is 0 Å². The molecular weight excluding hydrogens is 244 g/mol. The Morgan fingerprint density at radius 3 is 2.50 bits per heavy atom. The number of halogens is 1. The SMILES string of the molecule is Cc1cnn(-c2ncc(CBr)cn2)c1. The predicted molar refractivity (Wildman–Crippen MR) is 56.5 cm³/mol. The van der Waals surface area contributed by atoms with Gasteiger partial charge in [-0.25, -0.2) is 14.6 Å². The highest BCUT2D eigenvalue weighted by Gasteiger charge is 2.00. The number of hydrogen-bond acceptors (Lipinski definition) is 3. The minimum absolute atomic E-state index is 0.600. The van der Waals surface area contributed by atoms with Crippen LogP contribution in [0.25, 0.3) is 5.95 Å². The first-order chi connectivity index (χ1) is 6.79. The van der Waals surface area contributed by atoms with Gasteiger partial charge >= 0.3 is 0 Å². The van der Waals surface area contributed by atoms with Crippen LogP contribution in [-0.2, 0) is 5.33 Å². The molecule has 0 amide bonds. The van der Waals surface area contributed by atoms with Crippen LogP contribution in [0.3, 0.4) is 0 Å². The summed E-state index contributed by atoms with van der Waals surface area (Å²) in [6.07, 6.45) is 7.24. The fourth-order valence-corrected chi connectivity index (χ4v) is 1.35. The first-order valence-corrected chi connectivity index (χ1v) is 5.30. The largest absolute Gasteiger partial charge is 0.250 e. The zero-order valence-electron chi connectivity index (χ0n) is 7.68. The van der Waals surface area contributed by atoms with Gasteiger partial charge in [0.2, 0.25) is 5.95 Å². The molecule has 0 aliphatic carbocycles. The van der Waals surface area contributed by atoms with E-state index in [9.17, 15) is 0 Å². The molecule has 4 nitrogen and oxygen atoms in total. The first kappa shape index (κ1) is 9.33. The summed E-state index contributed by atoms with van der Waals surface area (Å²) in [5.41, 5.74) is 2.15. The molecule has 14 heavy (non-hydrogen) atoms. The Morgan fingerprint density at radius 2 is 2.00 bits per heavy atom. The zero-order chi connectivity index (χ0) is 9.97. The summed E-state index contributed by atoms with van der Waals surface area (Å²) in [4.78, 5) is 8.38. The van der Waals surface area contributed by atoms with Crippen molar-refractivity contribution in [3.05, 3.63) is 35.9 Å². The quantitative estimate of drug-likeness (QED) is 0.767. The van der Waals surface area contributed by atoms with E-state index in [2.05, 4.69) is 31.0 Å². The number of rotatable bonds is 2. The molecule has 0 bridgehead atoms. The minimum Gasteiger partial charge on any atom is -0.219 e. The van der Waals surface area contributed by atoms with Gasteiger partial charge in [0.1, 0.15) is 0 Å². The Hall–Kier alpha value is -1.23. The van der Waals surface area contributed by atoms with Gasteiger partial charge in [0.25, 0.3) is 0 Å². The third kappa shape index (κ3) is 1.82. The second kappa shape index (κ2) is 3.88. The summed E-state index contributed by atoms with van der Waals surface area (Å²) in [5, 5.41) is 4.89. The van der Waals surface area contributed by atoms with E-state index in [1.54, 1.807) is 23.3 Å². The number of hydrogen-bond donors (Lipinski definition) is 0. The van der Waals surface area contributed by atoms with E-state index >= 15 is 0 Å². The van der Waals surface area contributed by atoms with Crippen LogP contribution in [0.4, 0.5) is 0 Å². The smallest absolute Gasteiger partial charge is 0.219 e. The van der Waals surface area contributed by atoms with Crippen molar-refractivity contribution in [3.63, 3.8) is 0 Å². The molecule has 0 fully saturated rings. The molecule has 2 heterocycles. The van der Waals surface area contributed by atoms with E-state index in [0.717, 1.165) is 16.5 Å². The molecule has 0 aromatic carbocycles. The van der Waals surface area contributed by atoms with Gasteiger partial charge in [0, 0.05) is 23.9 Å². The predicted octanol–water partition coefficient (Wildman–Crippen LogP) is 1.87. The standard InChI is InChI=1S/C9H9BrN4/c1-7-3-13-14(6-7)9-11-4-8(2-10)5-12-9/h3-6H,2H2,1H3. The topological polar surface area (TPSA) is 43.6 Å². The van der Waals surface area contributed by atoms with Crippen molar-refractivity contribution in [1.82, 2.24) is 19.7 Å². The molecule has 2 rings (SSSR count). The van der Waals surface area contributed by atoms with Crippen molar-refractivity contribution in [2.45, 2.75) is 12.3 Å². The molecule has 0 aliphatic rings. The third-order valence-corrected chi connectivity index (χ3v) is 2.41. The van der Waals surface area contributed by atoms with Crippen molar-refractivity contribution in [2.75, 3.05) is 0 Å². The van der Waals surface area contributed by atoms with Crippen LogP contribution >= 0.6 is 15.9 Å². The van der Waals surface area contributed by atoms with Crippen molar-refractivity contribution in [2.24, 2.45) is 0 Å². The molecule has 5 heteroatoms. The van der Waals surface area contributed by atoms with Gasteiger partial charge in [-0.15, -0.1) is 0 Å². The second-order valence-electron chi connectivity index (χ2n) is 2.99. The maximum Gasteiger partial charge on any atom is 0.250 e. The molecule has 0 radical (unpaired) electrons. The molecule has 0 unspecified atom stereocenters. The Kier molecular flexibility index (Phi) is 2.58. The highest BCUT2D eigenvalue weighted by Crippen LogP contribution is 2.05. The van der Waals surface area contributed by atoms with Crippen molar-refractivity contribution in [3.8, 4) is 5.95 Å². The highest BCUT2D eigenvalue weighted by atomic mass is 79.9. The number of alkyl halides is 1. The van der Waals surface area contributed by atoms with Gasteiger partial charge in [0.15, 0.2) is 0 Å². The molecule has 0 spiro atoms. The van der Waals surface area contributed by atoms with Gasteiger partial charge in [-0.1, -0.05) is 15.9 Å². The van der Waals surface area contributed by atoms with Crippen molar-refractivity contribution >= 4 is 15.9 Å². The zero-order valence-corrected chi connectivity index (χ0v) is 9.27. The summed E-state index contributed by atoms with van der Waals surface area (Å²) in [7, 11) is 0. The molecule has 2 aromatic rings. The molecule has 0 saturated heterocycles. The van der Waals surface area contributed by atoms with E-state index in [1.165, 1.54) is 0 Å². The van der Waals surface area contributed by atoms with Gasteiger partial charge in [-0.05, 0) is 18.1 Å². The number of aromatic nitrogens is 4. The number of nitrogens with zero attached hydrogens (tertiary/aromatic N) is 4. The van der Waals surface area contributed by atoms with E-state index in [0.29, 0.717) is 5.95 Å².